The smallest absolute Gasteiger partial charge is 0.379 e. The Morgan fingerprint density at radius 2 is 1.73 bits per heavy atom. The van der Waals surface area contributed by atoms with E-state index in [-0.39, 0.29) is 11.1 Å². The Kier molecular flexibility index (Phi) is 7.03. The molecule has 1 aromatic rings. The number of carbonyl (C=O) groups is 1. The third kappa shape index (κ3) is 4.45. The maximum absolute atomic E-state index is 15.0. The van der Waals surface area contributed by atoms with Crippen LogP contribution in [0.3, 0.4) is 0 Å². The molecule has 0 fully saturated rings. The summed E-state index contributed by atoms with van der Waals surface area (Å²) in [5.74, 6) is -8.55. The molecule has 1 N–H and O–H groups in total. The zero-order chi connectivity index (χ0) is 20.5. The molecule has 0 spiro atoms. The molecule has 0 saturated carbocycles. The topological polar surface area (TPSA) is 55.4 Å². The minimum absolute atomic E-state index is 0.289. The first-order valence-electron chi connectivity index (χ1n) is 7.58. The minimum atomic E-state index is -4.30. The molecule has 26 heavy (non-hydrogen) atoms. The Labute approximate surface area is 160 Å². The monoisotopic (exact) mass is 461 g/mol. The molecule has 0 saturated heterocycles. The molecular formula is C16H20BrF4NO3S. The van der Waals surface area contributed by atoms with E-state index in [1.54, 1.807) is 0 Å². The highest BCUT2D eigenvalue weighted by Gasteiger charge is 2.60. The summed E-state index contributed by atoms with van der Waals surface area (Å²) in [5.41, 5.74) is -3.50. The number of nitrogens with one attached hydrogen (secondary N) is 1. The highest BCUT2D eigenvalue weighted by atomic mass is 79.9. The molecule has 0 amide bonds. The minimum Gasteiger partial charge on any atom is -0.461 e. The van der Waals surface area contributed by atoms with Gasteiger partial charge in [-0.15, -0.1) is 0 Å². The first kappa shape index (κ1) is 23.0. The van der Waals surface area contributed by atoms with Crippen molar-refractivity contribution >= 4 is 32.9 Å². The Bertz CT molecular complexity index is 724. The van der Waals surface area contributed by atoms with Gasteiger partial charge in [0.1, 0.15) is 17.2 Å². The van der Waals surface area contributed by atoms with Crippen LogP contribution in [0.15, 0.2) is 16.6 Å². The Morgan fingerprint density at radius 3 is 2.19 bits per heavy atom. The number of halogens is 5. The van der Waals surface area contributed by atoms with Gasteiger partial charge in [-0.05, 0) is 56.6 Å². The maximum atomic E-state index is 15.0. The summed E-state index contributed by atoms with van der Waals surface area (Å²) in [4.78, 5) is 11.9. The summed E-state index contributed by atoms with van der Waals surface area (Å²) in [5, 5.41) is 0. The Hall–Kier alpha value is -1.00. The lowest BCUT2D eigenvalue weighted by molar-refractivity contribution is -0.183. The van der Waals surface area contributed by atoms with E-state index in [0.717, 1.165) is 13.0 Å². The van der Waals surface area contributed by atoms with Crippen LogP contribution in [0.1, 0.15) is 40.2 Å². The van der Waals surface area contributed by atoms with Gasteiger partial charge in [0.2, 0.25) is 0 Å². The third-order valence-corrected chi connectivity index (χ3v) is 5.88. The van der Waals surface area contributed by atoms with Gasteiger partial charge in [-0.3, -0.25) is 0 Å². The Morgan fingerprint density at radius 1 is 1.19 bits per heavy atom. The van der Waals surface area contributed by atoms with E-state index >= 15 is 0 Å². The van der Waals surface area contributed by atoms with E-state index in [0.29, 0.717) is 6.07 Å². The van der Waals surface area contributed by atoms with Crippen molar-refractivity contribution in [2.75, 3.05) is 6.61 Å². The van der Waals surface area contributed by atoms with E-state index < -0.39 is 50.4 Å². The van der Waals surface area contributed by atoms with Crippen molar-refractivity contribution in [3.63, 3.8) is 0 Å². The van der Waals surface area contributed by atoms with Crippen LogP contribution in [0, 0.1) is 11.6 Å². The van der Waals surface area contributed by atoms with Crippen molar-refractivity contribution in [3.05, 3.63) is 33.8 Å². The molecule has 0 aliphatic heterocycles. The van der Waals surface area contributed by atoms with Gasteiger partial charge in [0.05, 0.1) is 26.8 Å². The van der Waals surface area contributed by atoms with Gasteiger partial charge in [-0.2, -0.15) is 8.78 Å². The summed E-state index contributed by atoms with van der Waals surface area (Å²) < 4.78 is 75.5. The summed E-state index contributed by atoms with van der Waals surface area (Å²) in [6.07, 6.45) is 0. The van der Waals surface area contributed by atoms with Crippen molar-refractivity contribution in [1.29, 1.82) is 0 Å². The normalized spacial score (nSPS) is 16.1. The van der Waals surface area contributed by atoms with Gasteiger partial charge < -0.3 is 4.74 Å². The molecule has 148 valence electrons. The highest BCUT2D eigenvalue weighted by molar-refractivity contribution is 9.10. The van der Waals surface area contributed by atoms with E-state index in [1.807, 2.05) is 0 Å². The van der Waals surface area contributed by atoms with Crippen LogP contribution in [0.5, 0.6) is 0 Å². The number of hydrogen-bond acceptors (Lipinski definition) is 3. The molecule has 4 nitrogen and oxygen atoms in total. The predicted octanol–water partition coefficient (Wildman–Crippen LogP) is 4.19. The fourth-order valence-electron chi connectivity index (χ4n) is 1.96. The third-order valence-electron chi connectivity index (χ3n) is 3.56. The quantitative estimate of drug-likeness (QED) is 0.392. The van der Waals surface area contributed by atoms with Crippen LogP contribution < -0.4 is 4.72 Å². The first-order valence-corrected chi connectivity index (χ1v) is 9.52. The fraction of sp³-hybridized carbons (Fsp3) is 0.562. The van der Waals surface area contributed by atoms with Gasteiger partial charge in [0, 0.05) is 11.6 Å². The van der Waals surface area contributed by atoms with Crippen LogP contribution >= 0.6 is 15.9 Å². The zero-order valence-corrected chi connectivity index (χ0v) is 17.3. The molecule has 0 unspecified atom stereocenters. The molecule has 0 heterocycles. The second-order valence-corrected chi connectivity index (χ2v) is 9.47. The van der Waals surface area contributed by atoms with Gasteiger partial charge in [0.15, 0.2) is 0 Å². The fourth-order valence-corrected chi connectivity index (χ4v) is 3.22. The summed E-state index contributed by atoms with van der Waals surface area (Å²) >= 11 is 2.81. The molecule has 0 aliphatic carbocycles. The van der Waals surface area contributed by atoms with Crippen LogP contribution in [-0.2, 0) is 26.1 Å². The number of rotatable bonds is 6. The van der Waals surface area contributed by atoms with Crippen molar-refractivity contribution in [3.8, 4) is 0 Å². The van der Waals surface area contributed by atoms with E-state index in [9.17, 15) is 26.6 Å². The van der Waals surface area contributed by atoms with E-state index in [4.69, 9.17) is 0 Å². The number of benzene rings is 1. The number of hydrogen-bond donors (Lipinski definition) is 1. The van der Waals surface area contributed by atoms with Gasteiger partial charge in [0.25, 0.3) is 0 Å². The van der Waals surface area contributed by atoms with Crippen molar-refractivity contribution in [1.82, 2.24) is 4.72 Å². The maximum Gasteiger partial charge on any atom is 0.379 e. The van der Waals surface area contributed by atoms with E-state index in [1.165, 1.54) is 27.7 Å². The van der Waals surface area contributed by atoms with Gasteiger partial charge >= 0.3 is 11.9 Å². The molecule has 0 aliphatic rings. The largest absolute Gasteiger partial charge is 0.461 e. The lowest BCUT2D eigenvalue weighted by Crippen LogP contribution is -2.60. The number of esters is 1. The second kappa shape index (κ2) is 7.93. The van der Waals surface area contributed by atoms with Crippen molar-refractivity contribution < 1.29 is 31.3 Å². The van der Waals surface area contributed by atoms with Crippen LogP contribution in [0.4, 0.5) is 17.6 Å². The summed E-state index contributed by atoms with van der Waals surface area (Å²) in [6, 6.07) is 1.19. The van der Waals surface area contributed by atoms with Crippen LogP contribution in [0.25, 0.3) is 0 Å². The molecule has 1 rings (SSSR count). The standard InChI is InChI=1S/C16H20BrF4NO3S/c1-6-25-13(23)16(20,21)15(5,22-26(24)14(2,3)4)9-7-10(17)12(19)8-11(9)18/h7-8,22H,6H2,1-5H3/t15-,26+/m1/s1. The molecular weight excluding hydrogens is 442 g/mol. The molecule has 2 atom stereocenters. The average molecular weight is 462 g/mol. The SMILES string of the molecule is CCOC(=O)C(F)(F)[C@](C)(N[S@@](=O)C(C)(C)C)c1cc(Br)c(F)cc1F. The second-order valence-electron chi connectivity index (χ2n) is 6.65. The van der Waals surface area contributed by atoms with Crippen molar-refractivity contribution in [2.24, 2.45) is 0 Å². The van der Waals surface area contributed by atoms with Gasteiger partial charge in [-0.1, -0.05) is 0 Å². The lowest BCUT2D eigenvalue weighted by atomic mass is 9.86. The van der Waals surface area contributed by atoms with Crippen LogP contribution in [0.2, 0.25) is 0 Å². The van der Waals surface area contributed by atoms with Gasteiger partial charge in [-0.25, -0.2) is 22.5 Å². The predicted molar refractivity (Wildman–Crippen MR) is 94.0 cm³/mol. The number of ether oxygens (including phenoxy) is 1. The molecule has 0 aromatic heterocycles. The first-order chi connectivity index (χ1) is 11.7. The van der Waals surface area contributed by atoms with E-state index in [2.05, 4.69) is 25.4 Å². The Balaban J connectivity index is 3.65. The lowest BCUT2D eigenvalue weighted by Gasteiger charge is -2.38. The van der Waals surface area contributed by atoms with Crippen molar-refractivity contribution in [2.45, 2.75) is 50.8 Å². The number of alkyl halides is 2. The zero-order valence-electron chi connectivity index (χ0n) is 14.9. The summed E-state index contributed by atoms with van der Waals surface area (Å²) in [7, 11) is -2.11. The molecule has 0 radical (unpaired) electrons. The van der Waals surface area contributed by atoms with Crippen LogP contribution in [-0.4, -0.2) is 27.5 Å². The molecule has 1 aromatic carbocycles. The average Bonchev–Trinajstić information content (AvgIpc) is 2.49. The number of carbonyl (C=O) groups excluding carboxylic acids is 1. The summed E-state index contributed by atoms with van der Waals surface area (Å²) in [6.45, 7) is 6.35. The molecule has 0 bridgehead atoms. The molecule has 10 heteroatoms. The highest BCUT2D eigenvalue weighted by Crippen LogP contribution is 2.42.